The summed E-state index contributed by atoms with van der Waals surface area (Å²) in [5.74, 6) is 0. The van der Waals surface area contributed by atoms with Crippen LogP contribution in [-0.4, -0.2) is 4.98 Å². The number of benzene rings is 1. The fraction of sp³-hybridized carbons (Fsp3) is 0.409. The minimum atomic E-state index is 0.225. The van der Waals surface area contributed by atoms with E-state index in [1.165, 1.54) is 35.1 Å². The highest BCUT2D eigenvalue weighted by molar-refractivity contribution is 5.80. The largest absolute Gasteiger partial charge is 0.264 e. The van der Waals surface area contributed by atoms with Crippen LogP contribution in [0, 0.1) is 6.92 Å². The van der Waals surface area contributed by atoms with Crippen LogP contribution in [0.3, 0.4) is 0 Å². The summed E-state index contributed by atoms with van der Waals surface area (Å²) in [4.78, 5) is 4.24. The van der Waals surface area contributed by atoms with Crippen LogP contribution in [0.25, 0.3) is 5.57 Å². The molecular weight excluding hydrogens is 278 g/mol. The monoisotopic (exact) mass is 305 g/mol. The Bertz CT molecular complexity index is 751. The normalized spacial score (nSPS) is 18.3. The standard InChI is InChI=1S/C22H27N/c1-15-12-19-20(22(5,6)10-9-21(19,3)4)13-18(15)16(2)17-8-7-11-23-14-17/h7-8,11-14H,2,9-10H2,1,3-6H3. The first-order chi connectivity index (χ1) is 10.7. The van der Waals surface area contributed by atoms with Gasteiger partial charge in [-0.15, -0.1) is 0 Å². The third-order valence-corrected chi connectivity index (χ3v) is 5.53. The van der Waals surface area contributed by atoms with E-state index in [0.29, 0.717) is 0 Å². The topological polar surface area (TPSA) is 12.9 Å². The Morgan fingerprint density at radius 1 is 1.04 bits per heavy atom. The highest BCUT2D eigenvalue weighted by Crippen LogP contribution is 2.47. The number of aryl methyl sites for hydroxylation is 1. The maximum Gasteiger partial charge on any atom is 0.0346 e. The maximum atomic E-state index is 4.35. The molecule has 0 radical (unpaired) electrons. The van der Waals surface area contributed by atoms with Crippen LogP contribution in [0.15, 0.2) is 43.2 Å². The quantitative estimate of drug-likeness (QED) is 0.683. The van der Waals surface area contributed by atoms with Crippen molar-refractivity contribution in [3.63, 3.8) is 0 Å². The molecule has 1 heteroatoms. The molecule has 0 saturated heterocycles. The molecule has 0 spiro atoms. The third-order valence-electron chi connectivity index (χ3n) is 5.53. The molecule has 0 atom stereocenters. The lowest BCUT2D eigenvalue weighted by Gasteiger charge is -2.42. The number of rotatable bonds is 2. The van der Waals surface area contributed by atoms with Gasteiger partial charge in [0.05, 0.1) is 0 Å². The molecule has 1 aromatic carbocycles. The number of nitrogens with zero attached hydrogens (tertiary/aromatic N) is 1. The molecule has 0 amide bonds. The SMILES string of the molecule is C=C(c1cccnc1)c1cc2c(cc1C)C(C)(C)CCC2(C)C. The lowest BCUT2D eigenvalue weighted by molar-refractivity contribution is 0.331. The Morgan fingerprint density at radius 2 is 1.65 bits per heavy atom. The summed E-state index contributed by atoms with van der Waals surface area (Å²) < 4.78 is 0. The lowest BCUT2D eigenvalue weighted by Crippen LogP contribution is -2.34. The van der Waals surface area contributed by atoms with Crippen LogP contribution in [0.1, 0.15) is 68.4 Å². The number of hydrogen-bond acceptors (Lipinski definition) is 1. The van der Waals surface area contributed by atoms with Gasteiger partial charge in [0.25, 0.3) is 0 Å². The summed E-state index contributed by atoms with van der Waals surface area (Å²) in [6.45, 7) is 16.0. The second kappa shape index (κ2) is 5.33. The molecule has 0 bridgehead atoms. The smallest absolute Gasteiger partial charge is 0.0346 e. The summed E-state index contributed by atoms with van der Waals surface area (Å²) in [7, 11) is 0. The van der Waals surface area contributed by atoms with Crippen LogP contribution in [-0.2, 0) is 10.8 Å². The van der Waals surface area contributed by atoms with Crippen molar-refractivity contribution in [2.24, 2.45) is 0 Å². The van der Waals surface area contributed by atoms with E-state index in [9.17, 15) is 0 Å². The van der Waals surface area contributed by atoms with Crippen LogP contribution < -0.4 is 0 Å². The van der Waals surface area contributed by atoms with Crippen molar-refractivity contribution in [3.8, 4) is 0 Å². The first-order valence-corrected chi connectivity index (χ1v) is 8.48. The van der Waals surface area contributed by atoms with Gasteiger partial charge in [0.1, 0.15) is 0 Å². The molecule has 120 valence electrons. The summed E-state index contributed by atoms with van der Waals surface area (Å²) in [6, 6.07) is 8.85. The second-order valence-corrected chi connectivity index (χ2v) is 8.20. The number of pyridine rings is 1. The van der Waals surface area contributed by atoms with Crippen molar-refractivity contribution in [1.29, 1.82) is 0 Å². The fourth-order valence-electron chi connectivity index (χ4n) is 3.74. The molecule has 3 rings (SSSR count). The van der Waals surface area contributed by atoms with Crippen molar-refractivity contribution in [2.45, 2.75) is 58.3 Å². The molecule has 0 unspecified atom stereocenters. The van der Waals surface area contributed by atoms with E-state index in [1.54, 1.807) is 0 Å². The average molecular weight is 305 g/mol. The molecule has 1 heterocycles. The predicted molar refractivity (Wildman–Crippen MR) is 98.8 cm³/mol. The van der Waals surface area contributed by atoms with Crippen LogP contribution in [0.2, 0.25) is 0 Å². The van der Waals surface area contributed by atoms with E-state index in [0.717, 1.165) is 11.1 Å². The van der Waals surface area contributed by atoms with Crippen molar-refractivity contribution in [1.82, 2.24) is 4.98 Å². The number of aromatic nitrogens is 1. The van der Waals surface area contributed by atoms with Gasteiger partial charge >= 0.3 is 0 Å². The van der Waals surface area contributed by atoms with Gasteiger partial charge in [-0.05, 0) is 64.5 Å². The zero-order valence-corrected chi connectivity index (χ0v) is 15.0. The minimum Gasteiger partial charge on any atom is -0.264 e. The van der Waals surface area contributed by atoms with E-state index in [2.05, 4.69) is 64.4 Å². The van der Waals surface area contributed by atoms with Crippen molar-refractivity contribution >= 4 is 5.57 Å². The summed E-state index contributed by atoms with van der Waals surface area (Å²) in [5, 5.41) is 0. The van der Waals surface area contributed by atoms with Crippen molar-refractivity contribution < 1.29 is 0 Å². The molecule has 23 heavy (non-hydrogen) atoms. The Kier molecular flexibility index (Phi) is 3.71. The van der Waals surface area contributed by atoms with Gasteiger partial charge in [-0.25, -0.2) is 0 Å². The summed E-state index contributed by atoms with van der Waals surface area (Å²) in [5.41, 5.74) is 8.20. The summed E-state index contributed by atoms with van der Waals surface area (Å²) >= 11 is 0. The molecule has 0 aliphatic heterocycles. The molecule has 1 aromatic heterocycles. The van der Waals surface area contributed by atoms with Gasteiger partial charge in [-0.3, -0.25) is 4.98 Å². The summed E-state index contributed by atoms with van der Waals surface area (Å²) in [6.07, 6.45) is 6.18. The van der Waals surface area contributed by atoms with E-state index in [-0.39, 0.29) is 10.8 Å². The third kappa shape index (κ3) is 2.73. The number of hydrogen-bond donors (Lipinski definition) is 0. The number of fused-ring (bicyclic) bond motifs is 1. The van der Waals surface area contributed by atoms with Gasteiger partial charge in [-0.1, -0.05) is 52.5 Å². The van der Waals surface area contributed by atoms with Gasteiger partial charge < -0.3 is 0 Å². The Morgan fingerprint density at radius 3 is 2.22 bits per heavy atom. The van der Waals surface area contributed by atoms with E-state index in [1.807, 2.05) is 18.5 Å². The van der Waals surface area contributed by atoms with Crippen molar-refractivity contribution in [3.05, 3.63) is 71.1 Å². The van der Waals surface area contributed by atoms with E-state index >= 15 is 0 Å². The zero-order chi connectivity index (χ0) is 16.8. The molecule has 0 N–H and O–H groups in total. The van der Waals surface area contributed by atoms with Gasteiger partial charge in [0.2, 0.25) is 0 Å². The van der Waals surface area contributed by atoms with Crippen molar-refractivity contribution in [2.75, 3.05) is 0 Å². The first kappa shape index (κ1) is 16.0. The van der Waals surface area contributed by atoms with Crippen LogP contribution >= 0.6 is 0 Å². The Hall–Kier alpha value is -1.89. The van der Waals surface area contributed by atoms with E-state index in [4.69, 9.17) is 0 Å². The Labute approximate surface area is 140 Å². The maximum absolute atomic E-state index is 4.35. The first-order valence-electron chi connectivity index (χ1n) is 8.48. The van der Waals surface area contributed by atoms with Gasteiger partial charge in [0.15, 0.2) is 0 Å². The minimum absolute atomic E-state index is 0.225. The lowest BCUT2D eigenvalue weighted by atomic mass is 9.62. The van der Waals surface area contributed by atoms with E-state index < -0.39 is 0 Å². The molecule has 1 aliphatic carbocycles. The second-order valence-electron chi connectivity index (χ2n) is 8.20. The molecule has 0 saturated carbocycles. The highest BCUT2D eigenvalue weighted by atomic mass is 14.6. The molecule has 1 nitrogen and oxygen atoms in total. The van der Waals surface area contributed by atoms with Gasteiger partial charge in [-0.2, -0.15) is 0 Å². The van der Waals surface area contributed by atoms with Gasteiger partial charge in [0, 0.05) is 18.0 Å². The highest BCUT2D eigenvalue weighted by Gasteiger charge is 2.37. The Balaban J connectivity index is 2.17. The molecule has 2 aromatic rings. The molecular formula is C22H27N. The van der Waals surface area contributed by atoms with Crippen LogP contribution in [0.5, 0.6) is 0 Å². The molecule has 0 fully saturated rings. The zero-order valence-electron chi connectivity index (χ0n) is 15.0. The molecule has 1 aliphatic rings. The average Bonchev–Trinajstić information content (AvgIpc) is 2.52. The predicted octanol–water partition coefficient (Wildman–Crippen LogP) is 5.80. The fourth-order valence-corrected chi connectivity index (χ4v) is 3.74. The van der Waals surface area contributed by atoms with Crippen LogP contribution in [0.4, 0.5) is 0 Å².